The van der Waals surface area contributed by atoms with Crippen LogP contribution in [0.4, 0.5) is 0 Å². The number of benzene rings is 2. The van der Waals surface area contributed by atoms with E-state index in [1.54, 1.807) is 0 Å². The first-order valence-electron chi connectivity index (χ1n) is 9.09. The summed E-state index contributed by atoms with van der Waals surface area (Å²) in [5.41, 5.74) is 2.46. The zero-order chi connectivity index (χ0) is 18.2. The smallest absolute Gasteiger partial charge is 0.309 e. The number of ether oxygens (including phenoxy) is 1. The molecule has 4 nitrogen and oxygen atoms in total. The molecule has 1 N–H and O–H groups in total. The fourth-order valence-electron chi connectivity index (χ4n) is 3.00. The molecular formula is C22H25NO3. The second-order valence-corrected chi connectivity index (χ2v) is 6.66. The van der Waals surface area contributed by atoms with Crippen molar-refractivity contribution in [1.29, 1.82) is 0 Å². The molecule has 26 heavy (non-hydrogen) atoms. The third-order valence-electron chi connectivity index (χ3n) is 4.58. The molecule has 136 valence electrons. The maximum atomic E-state index is 10.8. The standard InChI is InChI=1S/C22H25NO3/c24-22(25)20-16-23(17-20)14-4-8-19-10-12-21(13-11-19)26-15-5-9-18-6-2-1-3-7-18/h1-4,6-8,10-13,20H,5,9,14-17H2,(H,24,25)/b8-4+. The highest BCUT2D eigenvalue weighted by Crippen LogP contribution is 2.16. The van der Waals surface area contributed by atoms with Gasteiger partial charge in [-0.1, -0.05) is 54.6 Å². The molecule has 1 fully saturated rings. The van der Waals surface area contributed by atoms with Crippen LogP contribution in [0.25, 0.3) is 6.08 Å². The molecule has 0 spiro atoms. The van der Waals surface area contributed by atoms with Crippen molar-refractivity contribution in [3.8, 4) is 5.75 Å². The van der Waals surface area contributed by atoms with Crippen molar-refractivity contribution in [2.45, 2.75) is 12.8 Å². The number of nitrogens with zero attached hydrogens (tertiary/aromatic N) is 1. The predicted molar refractivity (Wildman–Crippen MR) is 103 cm³/mol. The fourth-order valence-corrected chi connectivity index (χ4v) is 3.00. The third kappa shape index (κ3) is 5.46. The number of aliphatic carboxylic acids is 1. The molecule has 0 atom stereocenters. The summed E-state index contributed by atoms with van der Waals surface area (Å²) in [5, 5.41) is 8.86. The minimum absolute atomic E-state index is 0.193. The summed E-state index contributed by atoms with van der Waals surface area (Å²) in [4.78, 5) is 12.9. The van der Waals surface area contributed by atoms with Crippen molar-refractivity contribution in [3.05, 3.63) is 71.8 Å². The Morgan fingerprint density at radius 2 is 1.85 bits per heavy atom. The molecule has 0 aromatic heterocycles. The van der Waals surface area contributed by atoms with Gasteiger partial charge in [-0.05, 0) is 36.1 Å². The van der Waals surface area contributed by atoms with Crippen molar-refractivity contribution >= 4 is 12.0 Å². The quantitative estimate of drug-likeness (QED) is 0.700. The van der Waals surface area contributed by atoms with Crippen LogP contribution in [0.5, 0.6) is 5.75 Å². The normalized spacial score (nSPS) is 15.1. The van der Waals surface area contributed by atoms with Crippen LogP contribution in [0.1, 0.15) is 17.5 Å². The Balaban J connectivity index is 1.34. The number of likely N-dealkylation sites (tertiary alicyclic amines) is 1. The van der Waals surface area contributed by atoms with Crippen LogP contribution < -0.4 is 4.74 Å². The monoisotopic (exact) mass is 351 g/mol. The van der Waals surface area contributed by atoms with Crippen LogP contribution in [-0.4, -0.2) is 42.2 Å². The molecule has 1 aliphatic heterocycles. The first-order valence-corrected chi connectivity index (χ1v) is 9.09. The number of carboxylic acid groups (broad SMARTS) is 1. The van der Waals surface area contributed by atoms with Crippen molar-refractivity contribution in [3.63, 3.8) is 0 Å². The number of rotatable bonds is 9. The zero-order valence-electron chi connectivity index (χ0n) is 14.9. The van der Waals surface area contributed by atoms with Crippen LogP contribution in [-0.2, 0) is 11.2 Å². The van der Waals surface area contributed by atoms with E-state index in [-0.39, 0.29) is 5.92 Å². The van der Waals surface area contributed by atoms with E-state index in [9.17, 15) is 4.79 Å². The second kappa shape index (κ2) is 9.20. The lowest BCUT2D eigenvalue weighted by atomic mass is 10.0. The minimum atomic E-state index is -0.690. The molecule has 3 rings (SSSR count). The van der Waals surface area contributed by atoms with Crippen molar-refractivity contribution < 1.29 is 14.6 Å². The van der Waals surface area contributed by atoms with Crippen molar-refractivity contribution in [2.75, 3.05) is 26.2 Å². The summed E-state index contributed by atoms with van der Waals surface area (Å²) in [6.07, 6.45) is 6.17. The Bertz CT molecular complexity index is 719. The van der Waals surface area contributed by atoms with Gasteiger partial charge in [-0.15, -0.1) is 0 Å². The van der Waals surface area contributed by atoms with E-state index in [1.807, 2.05) is 30.3 Å². The highest BCUT2D eigenvalue weighted by molar-refractivity contribution is 5.71. The van der Waals surface area contributed by atoms with Gasteiger partial charge in [0.1, 0.15) is 5.75 Å². The largest absolute Gasteiger partial charge is 0.494 e. The molecule has 0 bridgehead atoms. The molecule has 2 aromatic rings. The van der Waals surface area contributed by atoms with E-state index >= 15 is 0 Å². The predicted octanol–water partition coefficient (Wildman–Crippen LogP) is 3.73. The molecule has 0 amide bonds. The molecule has 2 aromatic carbocycles. The van der Waals surface area contributed by atoms with E-state index in [1.165, 1.54) is 5.56 Å². The van der Waals surface area contributed by atoms with Gasteiger partial charge in [-0.3, -0.25) is 9.69 Å². The van der Waals surface area contributed by atoms with Crippen molar-refractivity contribution in [1.82, 2.24) is 4.90 Å². The SMILES string of the molecule is O=C(O)C1CN(C/C=C/c2ccc(OCCCc3ccccc3)cc2)C1. The zero-order valence-corrected chi connectivity index (χ0v) is 14.9. The van der Waals surface area contributed by atoms with Gasteiger partial charge in [0.25, 0.3) is 0 Å². The highest BCUT2D eigenvalue weighted by atomic mass is 16.5. The molecule has 0 saturated carbocycles. The Labute approximate surface area is 154 Å². The maximum Gasteiger partial charge on any atom is 0.309 e. The number of hydrogen-bond donors (Lipinski definition) is 1. The molecule has 1 saturated heterocycles. The van der Waals surface area contributed by atoms with Gasteiger partial charge in [0.2, 0.25) is 0 Å². The minimum Gasteiger partial charge on any atom is -0.494 e. The summed E-state index contributed by atoms with van der Waals surface area (Å²) in [6.45, 7) is 2.80. The topological polar surface area (TPSA) is 49.8 Å². The molecular weight excluding hydrogens is 326 g/mol. The van der Waals surface area contributed by atoms with Gasteiger partial charge in [-0.25, -0.2) is 0 Å². The lowest BCUT2D eigenvalue weighted by Gasteiger charge is -2.35. The molecule has 0 unspecified atom stereocenters. The number of carboxylic acids is 1. The summed E-state index contributed by atoms with van der Waals surface area (Å²) in [5.74, 6) is 0.00793. The molecule has 1 heterocycles. The molecule has 4 heteroatoms. The lowest BCUT2D eigenvalue weighted by Crippen LogP contribution is -2.50. The van der Waals surface area contributed by atoms with Gasteiger partial charge in [-0.2, -0.15) is 0 Å². The van der Waals surface area contributed by atoms with Gasteiger partial charge >= 0.3 is 5.97 Å². The average molecular weight is 351 g/mol. The van der Waals surface area contributed by atoms with Gasteiger partial charge in [0.15, 0.2) is 0 Å². The van der Waals surface area contributed by atoms with Gasteiger partial charge in [0, 0.05) is 19.6 Å². The van der Waals surface area contributed by atoms with E-state index in [4.69, 9.17) is 9.84 Å². The summed E-state index contributed by atoms with van der Waals surface area (Å²) in [7, 11) is 0. The Kier molecular flexibility index (Phi) is 6.45. The van der Waals surface area contributed by atoms with E-state index in [2.05, 4.69) is 41.3 Å². The first kappa shape index (κ1) is 18.2. The molecule has 0 aliphatic carbocycles. The molecule has 1 aliphatic rings. The number of hydrogen-bond acceptors (Lipinski definition) is 3. The number of carbonyl (C=O) groups is 1. The van der Waals surface area contributed by atoms with Gasteiger partial charge in [0.05, 0.1) is 12.5 Å². The van der Waals surface area contributed by atoms with E-state index < -0.39 is 5.97 Å². The summed E-state index contributed by atoms with van der Waals surface area (Å²) >= 11 is 0. The Hall–Kier alpha value is -2.59. The number of aryl methyl sites for hydroxylation is 1. The average Bonchev–Trinajstić information content (AvgIpc) is 2.62. The van der Waals surface area contributed by atoms with Crippen LogP contribution in [0, 0.1) is 5.92 Å². The van der Waals surface area contributed by atoms with Crippen LogP contribution in [0.3, 0.4) is 0 Å². The molecule has 0 radical (unpaired) electrons. The lowest BCUT2D eigenvalue weighted by molar-refractivity contribution is -0.147. The van der Waals surface area contributed by atoms with Crippen LogP contribution in [0.2, 0.25) is 0 Å². The highest BCUT2D eigenvalue weighted by Gasteiger charge is 2.31. The maximum absolute atomic E-state index is 10.8. The summed E-state index contributed by atoms with van der Waals surface area (Å²) in [6, 6.07) is 18.5. The fraction of sp³-hybridized carbons (Fsp3) is 0.318. The van der Waals surface area contributed by atoms with Gasteiger partial charge < -0.3 is 9.84 Å². The van der Waals surface area contributed by atoms with Crippen molar-refractivity contribution in [2.24, 2.45) is 5.92 Å². The Morgan fingerprint density at radius 1 is 1.12 bits per heavy atom. The van der Waals surface area contributed by atoms with Crippen LogP contribution in [0.15, 0.2) is 60.7 Å². The van der Waals surface area contributed by atoms with E-state index in [0.29, 0.717) is 19.7 Å². The first-order chi connectivity index (χ1) is 12.7. The Morgan fingerprint density at radius 3 is 2.54 bits per heavy atom. The van der Waals surface area contributed by atoms with Crippen LogP contribution >= 0.6 is 0 Å². The second-order valence-electron chi connectivity index (χ2n) is 6.66. The third-order valence-corrected chi connectivity index (χ3v) is 4.58. The van der Waals surface area contributed by atoms with E-state index in [0.717, 1.165) is 30.7 Å². The summed E-state index contributed by atoms with van der Waals surface area (Å²) < 4.78 is 5.80.